The van der Waals surface area contributed by atoms with Crippen molar-refractivity contribution in [1.29, 1.82) is 0 Å². The van der Waals surface area contributed by atoms with Crippen molar-refractivity contribution in [2.45, 2.75) is 45.1 Å². The number of hydrogen-bond acceptors (Lipinski definition) is 3. The van der Waals surface area contributed by atoms with Crippen LogP contribution in [0.4, 0.5) is 0 Å². The van der Waals surface area contributed by atoms with E-state index in [1.54, 1.807) is 7.05 Å². The third kappa shape index (κ3) is 5.50. The quantitative estimate of drug-likeness (QED) is 0.698. The Bertz CT molecular complexity index is 221. The molecule has 0 saturated carbocycles. The van der Waals surface area contributed by atoms with Crippen molar-refractivity contribution in [3.8, 4) is 0 Å². The summed E-state index contributed by atoms with van der Waals surface area (Å²) in [5.74, 6) is 0.105. The first-order chi connectivity index (χ1) is 8.27. The third-order valence-electron chi connectivity index (χ3n) is 3.42. The summed E-state index contributed by atoms with van der Waals surface area (Å²) in [5, 5.41) is 5.89. The fraction of sp³-hybridized carbons (Fsp3) is 0.923. The van der Waals surface area contributed by atoms with E-state index in [1.165, 1.54) is 45.2 Å². The molecule has 1 atom stereocenters. The molecule has 4 nitrogen and oxygen atoms in total. The van der Waals surface area contributed by atoms with Gasteiger partial charge in [0.2, 0.25) is 5.91 Å². The molecule has 0 aromatic carbocycles. The maximum absolute atomic E-state index is 11.4. The van der Waals surface area contributed by atoms with Crippen LogP contribution >= 0.6 is 0 Å². The van der Waals surface area contributed by atoms with Crippen molar-refractivity contribution in [3.63, 3.8) is 0 Å². The van der Waals surface area contributed by atoms with E-state index in [1.807, 2.05) is 0 Å². The van der Waals surface area contributed by atoms with Crippen LogP contribution in [0.15, 0.2) is 0 Å². The van der Waals surface area contributed by atoms with Crippen molar-refractivity contribution >= 4 is 5.91 Å². The summed E-state index contributed by atoms with van der Waals surface area (Å²) in [6, 6.07) is 0.552. The van der Waals surface area contributed by atoms with Crippen LogP contribution in [0.25, 0.3) is 0 Å². The first kappa shape index (κ1) is 14.5. The molecular formula is C13H27N3O. The van der Waals surface area contributed by atoms with Gasteiger partial charge in [0.15, 0.2) is 0 Å². The summed E-state index contributed by atoms with van der Waals surface area (Å²) in [4.78, 5) is 14.0. The molecule has 1 unspecified atom stereocenters. The third-order valence-corrected chi connectivity index (χ3v) is 3.42. The van der Waals surface area contributed by atoms with Crippen molar-refractivity contribution < 1.29 is 4.79 Å². The van der Waals surface area contributed by atoms with Gasteiger partial charge in [-0.15, -0.1) is 0 Å². The summed E-state index contributed by atoms with van der Waals surface area (Å²) in [7, 11) is 1.80. The highest BCUT2D eigenvalue weighted by Crippen LogP contribution is 2.16. The molecule has 1 rings (SSSR count). The van der Waals surface area contributed by atoms with E-state index in [2.05, 4.69) is 22.5 Å². The SMILES string of the molecule is CCCCN1CCCCC1CNC(=O)CNC. The molecule has 1 fully saturated rings. The van der Waals surface area contributed by atoms with Gasteiger partial charge in [0.25, 0.3) is 0 Å². The largest absolute Gasteiger partial charge is 0.353 e. The van der Waals surface area contributed by atoms with Gasteiger partial charge in [-0.25, -0.2) is 0 Å². The van der Waals surface area contributed by atoms with Crippen LogP contribution in [0.3, 0.4) is 0 Å². The Kier molecular flexibility index (Phi) is 7.21. The molecule has 1 amide bonds. The first-order valence-electron chi connectivity index (χ1n) is 6.93. The molecule has 0 aromatic heterocycles. The molecule has 4 heteroatoms. The van der Waals surface area contributed by atoms with Crippen LogP contribution in [0.5, 0.6) is 0 Å². The van der Waals surface area contributed by atoms with Crippen molar-refractivity contribution in [2.75, 3.05) is 33.2 Å². The molecule has 0 aromatic rings. The Balaban J connectivity index is 2.29. The number of carbonyl (C=O) groups is 1. The normalized spacial score (nSPS) is 21.4. The zero-order chi connectivity index (χ0) is 12.5. The number of carbonyl (C=O) groups excluding carboxylic acids is 1. The molecule has 1 aliphatic heterocycles. The van der Waals surface area contributed by atoms with Crippen LogP contribution in [0.2, 0.25) is 0 Å². The molecule has 1 heterocycles. The lowest BCUT2D eigenvalue weighted by atomic mass is 10.0. The summed E-state index contributed by atoms with van der Waals surface area (Å²) in [5.41, 5.74) is 0. The highest BCUT2D eigenvalue weighted by molar-refractivity contribution is 5.77. The Hall–Kier alpha value is -0.610. The number of piperidine rings is 1. The van der Waals surface area contributed by atoms with Crippen molar-refractivity contribution in [1.82, 2.24) is 15.5 Å². The summed E-state index contributed by atoms with van der Waals surface area (Å²) >= 11 is 0. The number of amides is 1. The molecule has 0 bridgehead atoms. The summed E-state index contributed by atoms with van der Waals surface area (Å²) < 4.78 is 0. The van der Waals surface area contributed by atoms with E-state index in [9.17, 15) is 4.79 Å². The zero-order valence-corrected chi connectivity index (χ0v) is 11.3. The maximum atomic E-state index is 11.4. The van der Waals surface area contributed by atoms with Gasteiger partial charge in [-0.1, -0.05) is 19.8 Å². The average molecular weight is 241 g/mol. The minimum absolute atomic E-state index is 0.105. The van der Waals surface area contributed by atoms with E-state index in [4.69, 9.17) is 0 Å². The average Bonchev–Trinajstić information content (AvgIpc) is 2.35. The predicted molar refractivity (Wildman–Crippen MR) is 71.1 cm³/mol. The topological polar surface area (TPSA) is 44.4 Å². The van der Waals surface area contributed by atoms with E-state index >= 15 is 0 Å². The number of nitrogens with one attached hydrogen (secondary N) is 2. The van der Waals surface area contributed by atoms with E-state index in [0.717, 1.165) is 6.54 Å². The second-order valence-corrected chi connectivity index (χ2v) is 4.87. The number of unbranched alkanes of at least 4 members (excludes halogenated alkanes) is 1. The van der Waals surface area contributed by atoms with Gasteiger partial charge in [0.1, 0.15) is 0 Å². The standard InChI is InChI=1S/C13H27N3O/c1-3-4-8-16-9-6-5-7-12(16)10-15-13(17)11-14-2/h12,14H,3-11H2,1-2H3,(H,15,17). The van der Waals surface area contributed by atoms with Crippen molar-refractivity contribution in [3.05, 3.63) is 0 Å². The van der Waals surface area contributed by atoms with Gasteiger partial charge < -0.3 is 10.6 Å². The number of likely N-dealkylation sites (tertiary alicyclic amines) is 1. The van der Waals surface area contributed by atoms with Crippen LogP contribution in [0, 0.1) is 0 Å². The van der Waals surface area contributed by atoms with Crippen LogP contribution in [-0.2, 0) is 4.79 Å². The van der Waals surface area contributed by atoms with Crippen LogP contribution in [-0.4, -0.2) is 50.1 Å². The number of rotatable bonds is 7. The summed E-state index contributed by atoms with van der Waals surface area (Å²) in [6.45, 7) is 5.84. The second-order valence-electron chi connectivity index (χ2n) is 4.87. The second kappa shape index (κ2) is 8.48. The van der Waals surface area contributed by atoms with Gasteiger partial charge in [-0.3, -0.25) is 9.69 Å². The zero-order valence-electron chi connectivity index (χ0n) is 11.3. The Morgan fingerprint density at radius 3 is 2.94 bits per heavy atom. The molecule has 100 valence electrons. The van der Waals surface area contributed by atoms with Gasteiger partial charge in [0.05, 0.1) is 6.54 Å². The lowest BCUT2D eigenvalue weighted by Gasteiger charge is -2.35. The lowest BCUT2D eigenvalue weighted by molar-refractivity contribution is -0.120. The first-order valence-corrected chi connectivity index (χ1v) is 6.93. The Labute approximate surface area is 105 Å². The van der Waals surface area contributed by atoms with Gasteiger partial charge in [-0.2, -0.15) is 0 Å². The lowest BCUT2D eigenvalue weighted by Crippen LogP contribution is -2.48. The monoisotopic (exact) mass is 241 g/mol. The van der Waals surface area contributed by atoms with E-state index in [-0.39, 0.29) is 5.91 Å². The molecule has 0 spiro atoms. The fourth-order valence-corrected chi connectivity index (χ4v) is 2.40. The van der Waals surface area contributed by atoms with Crippen molar-refractivity contribution in [2.24, 2.45) is 0 Å². The number of likely N-dealkylation sites (N-methyl/N-ethyl adjacent to an activating group) is 1. The minimum atomic E-state index is 0.105. The smallest absolute Gasteiger partial charge is 0.234 e. The fourth-order valence-electron chi connectivity index (χ4n) is 2.40. The highest BCUT2D eigenvalue weighted by atomic mass is 16.1. The summed E-state index contributed by atoms with van der Waals surface area (Å²) in [6.07, 6.45) is 6.35. The van der Waals surface area contributed by atoms with Gasteiger partial charge >= 0.3 is 0 Å². The molecule has 2 N–H and O–H groups in total. The number of nitrogens with zero attached hydrogens (tertiary/aromatic N) is 1. The van der Waals surface area contributed by atoms with E-state index in [0.29, 0.717) is 12.6 Å². The molecule has 0 aliphatic carbocycles. The number of hydrogen-bond donors (Lipinski definition) is 2. The minimum Gasteiger partial charge on any atom is -0.353 e. The molecule has 17 heavy (non-hydrogen) atoms. The molecule has 1 saturated heterocycles. The van der Waals surface area contributed by atoms with Crippen LogP contribution in [0.1, 0.15) is 39.0 Å². The van der Waals surface area contributed by atoms with Gasteiger partial charge in [-0.05, 0) is 39.4 Å². The molecule has 0 radical (unpaired) electrons. The Morgan fingerprint density at radius 1 is 1.41 bits per heavy atom. The highest BCUT2D eigenvalue weighted by Gasteiger charge is 2.21. The van der Waals surface area contributed by atoms with Gasteiger partial charge in [0, 0.05) is 12.6 Å². The Morgan fingerprint density at radius 2 is 2.24 bits per heavy atom. The molecular weight excluding hydrogens is 214 g/mol. The maximum Gasteiger partial charge on any atom is 0.234 e. The van der Waals surface area contributed by atoms with Crippen LogP contribution < -0.4 is 10.6 Å². The molecule has 1 aliphatic rings. The predicted octanol–water partition coefficient (Wildman–Crippen LogP) is 0.977. The van der Waals surface area contributed by atoms with E-state index < -0.39 is 0 Å².